The summed E-state index contributed by atoms with van der Waals surface area (Å²) in [6.07, 6.45) is 14.3. The van der Waals surface area contributed by atoms with Crippen molar-refractivity contribution in [3.8, 4) is 0 Å². The van der Waals surface area contributed by atoms with E-state index in [-0.39, 0.29) is 0 Å². The quantitative estimate of drug-likeness (QED) is 0.219. The van der Waals surface area contributed by atoms with Crippen LogP contribution < -0.4 is 5.11 Å². The first-order valence-corrected chi connectivity index (χ1v) is 11.4. The van der Waals surface area contributed by atoms with E-state index in [0.717, 1.165) is 70.9 Å². The van der Waals surface area contributed by atoms with Crippen molar-refractivity contribution in [1.82, 2.24) is 0 Å². The van der Waals surface area contributed by atoms with Gasteiger partial charge in [0.15, 0.2) is 0 Å². The summed E-state index contributed by atoms with van der Waals surface area (Å²) in [5, 5.41) is 22.8. The number of quaternary nitrogens is 1. The van der Waals surface area contributed by atoms with E-state index < -0.39 is 18.1 Å². The summed E-state index contributed by atoms with van der Waals surface area (Å²) < 4.78 is 0.485. The van der Waals surface area contributed by atoms with E-state index in [1.807, 2.05) is 6.92 Å². The van der Waals surface area contributed by atoms with E-state index in [1.165, 1.54) is 0 Å². The van der Waals surface area contributed by atoms with E-state index >= 15 is 0 Å². The van der Waals surface area contributed by atoms with Crippen molar-refractivity contribution in [2.75, 3.05) is 19.6 Å². The maximum Gasteiger partial charge on any atom is 0.129 e. The Morgan fingerprint density at radius 3 is 1.96 bits per heavy atom. The number of carboxylic acid groups (broad SMARTS) is 1. The van der Waals surface area contributed by atoms with Gasteiger partial charge < -0.3 is 19.5 Å². The molecule has 0 radical (unpaired) electrons. The molecule has 0 rings (SSSR count). The Labute approximate surface area is 168 Å². The SMILES string of the molecule is CCC/C=C/CC(O)C[N+](CCCCC)(CCCCC)C(CCC)C(=O)[O-]. The summed E-state index contributed by atoms with van der Waals surface area (Å²) in [6.45, 7) is 10.7. The number of nitrogens with zero attached hydrogens (tertiary/aromatic N) is 1. The fourth-order valence-corrected chi connectivity index (χ4v) is 4.01. The molecule has 0 aromatic rings. The van der Waals surface area contributed by atoms with Crippen LogP contribution in [0.2, 0.25) is 0 Å². The van der Waals surface area contributed by atoms with Gasteiger partial charge in [0, 0.05) is 6.42 Å². The molecule has 0 aliphatic heterocycles. The van der Waals surface area contributed by atoms with Crippen molar-refractivity contribution in [3.05, 3.63) is 12.2 Å². The number of hydrogen-bond donors (Lipinski definition) is 1. The fraction of sp³-hybridized carbons (Fsp3) is 0.870. The molecule has 2 unspecified atom stereocenters. The number of aliphatic hydroxyl groups is 1. The lowest BCUT2D eigenvalue weighted by molar-refractivity contribution is -0.948. The van der Waals surface area contributed by atoms with Crippen LogP contribution in [0.15, 0.2) is 12.2 Å². The lowest BCUT2D eigenvalue weighted by atomic mass is 10.0. The second-order valence-electron chi connectivity index (χ2n) is 8.04. The second-order valence-corrected chi connectivity index (χ2v) is 8.04. The van der Waals surface area contributed by atoms with E-state index in [1.54, 1.807) is 0 Å². The van der Waals surface area contributed by atoms with E-state index in [2.05, 4.69) is 32.9 Å². The molecule has 0 amide bonds. The highest BCUT2D eigenvalue weighted by Crippen LogP contribution is 2.24. The third-order valence-corrected chi connectivity index (χ3v) is 5.51. The molecule has 0 saturated carbocycles. The minimum absolute atomic E-state index is 0.485. The maximum atomic E-state index is 12.1. The Morgan fingerprint density at radius 1 is 0.926 bits per heavy atom. The van der Waals surface area contributed by atoms with Crippen LogP contribution in [0.3, 0.4) is 0 Å². The van der Waals surface area contributed by atoms with Crippen LogP contribution in [0.4, 0.5) is 0 Å². The lowest BCUT2D eigenvalue weighted by Crippen LogP contribution is -2.64. The second kappa shape index (κ2) is 16.1. The molecule has 0 aromatic heterocycles. The van der Waals surface area contributed by atoms with Gasteiger partial charge in [-0.15, -0.1) is 0 Å². The predicted molar refractivity (Wildman–Crippen MR) is 112 cm³/mol. The van der Waals surface area contributed by atoms with Gasteiger partial charge in [-0.25, -0.2) is 0 Å². The topological polar surface area (TPSA) is 60.4 Å². The van der Waals surface area contributed by atoms with Gasteiger partial charge in [-0.1, -0.05) is 65.5 Å². The zero-order valence-electron chi connectivity index (χ0n) is 18.4. The Hall–Kier alpha value is -0.870. The average molecular weight is 384 g/mol. The Balaban J connectivity index is 5.45. The number of rotatable bonds is 18. The standard InChI is InChI=1S/C23H45NO3/c1-5-9-12-13-17-21(25)20-24(18-14-10-6-2,19-15-11-7-3)22(16-8-4)23(26)27/h12-13,21-22,25H,5-11,14-20H2,1-4H3/b13-12+. The number of aliphatic carboxylic acids is 1. The smallest absolute Gasteiger partial charge is 0.129 e. The first-order chi connectivity index (χ1) is 13.0. The molecular formula is C23H45NO3. The summed E-state index contributed by atoms with van der Waals surface area (Å²) >= 11 is 0. The highest BCUT2D eigenvalue weighted by atomic mass is 16.4. The van der Waals surface area contributed by atoms with Gasteiger partial charge in [0.05, 0.1) is 19.1 Å². The fourth-order valence-electron chi connectivity index (χ4n) is 4.01. The summed E-state index contributed by atoms with van der Waals surface area (Å²) in [5.41, 5.74) is 0. The van der Waals surface area contributed by atoms with Crippen molar-refractivity contribution in [2.24, 2.45) is 0 Å². The average Bonchev–Trinajstić information content (AvgIpc) is 2.63. The maximum absolute atomic E-state index is 12.1. The summed E-state index contributed by atoms with van der Waals surface area (Å²) in [4.78, 5) is 12.1. The van der Waals surface area contributed by atoms with Gasteiger partial charge >= 0.3 is 0 Å². The third-order valence-electron chi connectivity index (χ3n) is 5.51. The summed E-state index contributed by atoms with van der Waals surface area (Å²) in [6, 6.07) is -0.516. The summed E-state index contributed by atoms with van der Waals surface area (Å²) in [5.74, 6) is -0.946. The largest absolute Gasteiger partial charge is 0.544 e. The first kappa shape index (κ1) is 26.1. The van der Waals surface area contributed by atoms with Crippen LogP contribution in [0, 0.1) is 0 Å². The third kappa shape index (κ3) is 10.9. The zero-order valence-corrected chi connectivity index (χ0v) is 18.4. The van der Waals surface area contributed by atoms with Crippen molar-refractivity contribution < 1.29 is 19.5 Å². The van der Waals surface area contributed by atoms with Gasteiger partial charge in [0.25, 0.3) is 0 Å². The van der Waals surface area contributed by atoms with Crippen molar-refractivity contribution >= 4 is 5.97 Å². The minimum Gasteiger partial charge on any atom is -0.544 e. The van der Waals surface area contributed by atoms with Crippen LogP contribution in [-0.4, -0.2) is 47.3 Å². The highest BCUT2D eigenvalue weighted by Gasteiger charge is 2.38. The molecule has 0 aliphatic carbocycles. The number of allylic oxidation sites excluding steroid dienone is 1. The molecule has 2 atom stereocenters. The molecular weight excluding hydrogens is 338 g/mol. The van der Waals surface area contributed by atoms with Crippen LogP contribution in [0.25, 0.3) is 0 Å². The Morgan fingerprint density at radius 2 is 1.52 bits per heavy atom. The molecule has 27 heavy (non-hydrogen) atoms. The van der Waals surface area contributed by atoms with Gasteiger partial charge in [-0.05, 0) is 38.5 Å². The molecule has 160 valence electrons. The lowest BCUT2D eigenvalue weighted by Gasteiger charge is -2.47. The van der Waals surface area contributed by atoms with E-state index in [4.69, 9.17) is 0 Å². The summed E-state index contributed by atoms with van der Waals surface area (Å²) in [7, 11) is 0. The molecule has 0 saturated heterocycles. The Kier molecular flexibility index (Phi) is 15.6. The van der Waals surface area contributed by atoms with Crippen LogP contribution in [0.5, 0.6) is 0 Å². The normalized spacial score (nSPS) is 14.6. The molecule has 1 N–H and O–H groups in total. The van der Waals surface area contributed by atoms with E-state index in [9.17, 15) is 15.0 Å². The molecule has 0 spiro atoms. The molecule has 0 aliphatic rings. The number of hydrogen-bond acceptors (Lipinski definition) is 3. The monoisotopic (exact) mass is 383 g/mol. The predicted octanol–water partition coefficient (Wildman–Crippen LogP) is 4.21. The van der Waals surface area contributed by atoms with Crippen LogP contribution in [0.1, 0.15) is 98.3 Å². The molecule has 0 heterocycles. The van der Waals surface area contributed by atoms with Gasteiger partial charge in [0.2, 0.25) is 0 Å². The number of carboxylic acids is 1. The number of aliphatic hydroxyl groups excluding tert-OH is 1. The van der Waals surface area contributed by atoms with Crippen LogP contribution in [-0.2, 0) is 4.79 Å². The number of unbranched alkanes of at least 4 members (excludes halogenated alkanes) is 5. The van der Waals surface area contributed by atoms with Gasteiger partial charge in [0.1, 0.15) is 18.7 Å². The molecule has 4 nitrogen and oxygen atoms in total. The zero-order chi connectivity index (χ0) is 20.5. The number of carbonyl (C=O) groups is 1. The minimum atomic E-state index is -0.946. The number of carbonyl (C=O) groups excluding carboxylic acids is 1. The van der Waals surface area contributed by atoms with Crippen molar-refractivity contribution in [3.63, 3.8) is 0 Å². The molecule has 0 fully saturated rings. The van der Waals surface area contributed by atoms with E-state index in [0.29, 0.717) is 23.9 Å². The Bertz CT molecular complexity index is 385. The van der Waals surface area contributed by atoms with Gasteiger partial charge in [-0.3, -0.25) is 0 Å². The van der Waals surface area contributed by atoms with Crippen molar-refractivity contribution in [2.45, 2.75) is 110 Å². The molecule has 4 heteroatoms. The molecule has 0 bridgehead atoms. The van der Waals surface area contributed by atoms with Crippen molar-refractivity contribution in [1.29, 1.82) is 0 Å². The molecule has 0 aromatic carbocycles. The van der Waals surface area contributed by atoms with Gasteiger partial charge in [-0.2, -0.15) is 0 Å². The first-order valence-electron chi connectivity index (χ1n) is 11.4. The highest BCUT2D eigenvalue weighted by molar-refractivity contribution is 5.69. The van der Waals surface area contributed by atoms with Crippen LogP contribution >= 0.6 is 0 Å².